The second-order valence-corrected chi connectivity index (χ2v) is 3.36. The Kier molecular flexibility index (Phi) is 5.12. The van der Waals surface area contributed by atoms with Gasteiger partial charge in [-0.3, -0.25) is 4.72 Å². The van der Waals surface area contributed by atoms with Crippen LogP contribution in [0.3, 0.4) is 0 Å². The van der Waals surface area contributed by atoms with E-state index in [0.717, 1.165) is 0 Å². The van der Waals surface area contributed by atoms with Crippen LogP contribution in [0.5, 0.6) is 0 Å². The Bertz CT molecular complexity index is 435. The van der Waals surface area contributed by atoms with Crippen molar-refractivity contribution in [2.24, 2.45) is 0 Å². The first kappa shape index (κ1) is 13.4. The fourth-order valence-corrected chi connectivity index (χ4v) is 1.18. The average Bonchev–Trinajstić information content (AvgIpc) is 2.03. The van der Waals surface area contributed by atoms with E-state index in [1.165, 1.54) is 24.3 Å². The Hall–Kier alpha value is -0.580. The van der Waals surface area contributed by atoms with Crippen molar-refractivity contribution in [1.82, 2.24) is 0 Å². The summed E-state index contributed by atoms with van der Waals surface area (Å²) in [6, 6.07) is 7.36. The molecule has 0 atom stereocenters. The Labute approximate surface area is 104 Å². The topological polar surface area (TPSA) is 93.0 Å². The van der Waals surface area contributed by atoms with E-state index in [1.54, 1.807) is 4.72 Å². The molecule has 0 saturated heterocycles. The predicted octanol–water partition coefficient (Wildman–Crippen LogP) is -2.57. The van der Waals surface area contributed by atoms with Gasteiger partial charge in [0.1, 0.15) is 0 Å². The molecule has 0 aliphatic rings. The minimum Gasteiger partial charge on any atom is -0.731 e. The Balaban J connectivity index is 0.00000169. The zero-order chi connectivity index (χ0) is 9.90. The van der Waals surface area contributed by atoms with Crippen LogP contribution >= 0.6 is 0 Å². The fraction of sp³-hybridized carbons (Fsp3) is 0. The van der Waals surface area contributed by atoms with Crippen LogP contribution in [-0.2, 0) is 10.3 Å². The maximum absolute atomic E-state index is 10.2. The smallest absolute Gasteiger partial charge is 0.731 e. The van der Waals surface area contributed by atoms with Gasteiger partial charge in [-0.15, -0.1) is 0 Å². The number of hydrogen-bond donors (Lipinski definition) is 1. The molecule has 68 valence electrons. The summed E-state index contributed by atoms with van der Waals surface area (Å²) < 4.78 is 32.4. The molecule has 0 fully saturated rings. The van der Waals surface area contributed by atoms with Gasteiger partial charge in [-0.05, 0) is 24.3 Å². The molecule has 0 aliphatic carbocycles. The minimum absolute atomic E-state index is 0. The van der Waals surface area contributed by atoms with Gasteiger partial charge in [0.2, 0.25) is 0 Å². The van der Waals surface area contributed by atoms with Crippen molar-refractivity contribution in [3.05, 3.63) is 29.8 Å². The van der Waals surface area contributed by atoms with Gasteiger partial charge in [-0.2, -0.15) is 5.26 Å². The van der Waals surface area contributed by atoms with Crippen molar-refractivity contribution in [2.45, 2.75) is 0 Å². The van der Waals surface area contributed by atoms with E-state index in [1.807, 2.05) is 6.07 Å². The largest absolute Gasteiger partial charge is 1.00 e. The van der Waals surface area contributed by atoms with Gasteiger partial charge in [-0.25, -0.2) is 8.42 Å². The van der Waals surface area contributed by atoms with Gasteiger partial charge >= 0.3 is 29.6 Å². The van der Waals surface area contributed by atoms with E-state index in [-0.39, 0.29) is 35.2 Å². The zero-order valence-corrected chi connectivity index (χ0v) is 10.2. The van der Waals surface area contributed by atoms with E-state index in [2.05, 4.69) is 0 Å². The zero-order valence-electron chi connectivity index (χ0n) is 7.39. The first-order valence-electron chi connectivity index (χ1n) is 3.25. The van der Waals surface area contributed by atoms with Crippen LogP contribution in [0, 0.1) is 11.3 Å². The van der Waals surface area contributed by atoms with Crippen LogP contribution in [0.25, 0.3) is 0 Å². The monoisotopic (exact) mass is 220 g/mol. The van der Waals surface area contributed by atoms with Crippen LogP contribution in [0.4, 0.5) is 5.69 Å². The van der Waals surface area contributed by atoms with Crippen LogP contribution in [0.2, 0.25) is 0 Å². The number of rotatable bonds is 2. The average molecular weight is 220 g/mol. The van der Waals surface area contributed by atoms with Crippen LogP contribution in [0.15, 0.2) is 24.3 Å². The third kappa shape index (κ3) is 4.60. The molecular formula is C7H5N2NaO3S. The van der Waals surface area contributed by atoms with Gasteiger partial charge in [0.15, 0.2) is 10.3 Å². The molecule has 1 rings (SSSR count). The quantitative estimate of drug-likeness (QED) is 0.438. The summed E-state index contributed by atoms with van der Waals surface area (Å²) >= 11 is 0. The molecule has 0 unspecified atom stereocenters. The van der Waals surface area contributed by atoms with Crippen LogP contribution < -0.4 is 34.3 Å². The fourth-order valence-electron chi connectivity index (χ4n) is 0.757. The van der Waals surface area contributed by atoms with Gasteiger partial charge in [0.05, 0.1) is 11.6 Å². The summed E-state index contributed by atoms with van der Waals surface area (Å²) in [5, 5.41) is 8.41. The molecule has 5 nitrogen and oxygen atoms in total. The predicted molar refractivity (Wildman–Crippen MR) is 44.5 cm³/mol. The number of anilines is 1. The molecule has 7 heteroatoms. The van der Waals surface area contributed by atoms with Crippen molar-refractivity contribution in [2.75, 3.05) is 4.72 Å². The standard InChI is InChI=1S/C7H6N2O3S.Na/c8-5-6-1-3-7(4-2-6)9-13(10,11)12;/h1-4,9H,(H,10,11,12);/q;+1/p-1. The first-order chi connectivity index (χ1) is 6.01. The van der Waals surface area contributed by atoms with E-state index >= 15 is 0 Å². The van der Waals surface area contributed by atoms with Gasteiger partial charge < -0.3 is 4.55 Å². The second-order valence-electron chi connectivity index (χ2n) is 2.25. The number of hydrogen-bond acceptors (Lipinski definition) is 4. The number of nitrogens with one attached hydrogen (secondary N) is 1. The van der Waals surface area contributed by atoms with E-state index in [4.69, 9.17) is 5.26 Å². The second kappa shape index (κ2) is 5.34. The molecule has 1 aromatic rings. The SMILES string of the molecule is N#Cc1ccc(NS(=O)(=O)[O-])cc1.[Na+]. The Morgan fingerprint density at radius 2 is 1.79 bits per heavy atom. The molecule has 1 N–H and O–H groups in total. The van der Waals surface area contributed by atoms with Gasteiger partial charge in [0.25, 0.3) is 0 Å². The Morgan fingerprint density at radius 1 is 1.29 bits per heavy atom. The summed E-state index contributed by atoms with van der Waals surface area (Å²) in [4.78, 5) is 0. The van der Waals surface area contributed by atoms with Gasteiger partial charge in [-0.1, -0.05) is 0 Å². The number of nitriles is 1. The molecule has 0 aliphatic heterocycles. The van der Waals surface area contributed by atoms with Crippen molar-refractivity contribution >= 4 is 16.0 Å². The third-order valence-electron chi connectivity index (χ3n) is 1.26. The van der Waals surface area contributed by atoms with Crippen molar-refractivity contribution in [3.8, 4) is 6.07 Å². The van der Waals surface area contributed by atoms with E-state index in [0.29, 0.717) is 5.56 Å². The molecule has 0 radical (unpaired) electrons. The summed E-state index contributed by atoms with van der Waals surface area (Å²) in [5.41, 5.74) is 0.544. The molecule has 0 bridgehead atoms. The first-order valence-corrected chi connectivity index (χ1v) is 4.66. The molecule has 0 amide bonds. The molecule has 0 heterocycles. The molecule has 0 aromatic heterocycles. The van der Waals surface area contributed by atoms with Gasteiger partial charge in [0, 0.05) is 5.69 Å². The van der Waals surface area contributed by atoms with E-state index < -0.39 is 10.3 Å². The minimum atomic E-state index is -4.48. The number of benzene rings is 1. The third-order valence-corrected chi connectivity index (χ3v) is 1.74. The maximum Gasteiger partial charge on any atom is 1.00 e. The summed E-state index contributed by atoms with van der Waals surface area (Å²) in [6.45, 7) is 0. The van der Waals surface area contributed by atoms with Crippen molar-refractivity contribution in [1.29, 1.82) is 5.26 Å². The molecule has 0 spiro atoms. The molecule has 14 heavy (non-hydrogen) atoms. The van der Waals surface area contributed by atoms with Crippen LogP contribution in [0.1, 0.15) is 5.56 Å². The summed E-state index contributed by atoms with van der Waals surface area (Å²) in [7, 11) is -4.48. The van der Waals surface area contributed by atoms with E-state index in [9.17, 15) is 13.0 Å². The normalized spacial score (nSPS) is 9.71. The van der Waals surface area contributed by atoms with Crippen LogP contribution in [-0.4, -0.2) is 13.0 Å². The van der Waals surface area contributed by atoms with Crippen molar-refractivity contribution in [3.63, 3.8) is 0 Å². The summed E-state index contributed by atoms with van der Waals surface area (Å²) in [5.74, 6) is 0. The maximum atomic E-state index is 10.2. The Morgan fingerprint density at radius 3 is 2.14 bits per heavy atom. The summed E-state index contributed by atoms with van der Waals surface area (Å²) in [6.07, 6.45) is 0. The van der Waals surface area contributed by atoms with Crippen molar-refractivity contribution < 1.29 is 42.5 Å². The molecule has 0 saturated carbocycles. The molecule has 1 aromatic carbocycles. The molecular weight excluding hydrogens is 215 g/mol. The number of nitrogens with zero attached hydrogens (tertiary/aromatic N) is 1.